The summed E-state index contributed by atoms with van der Waals surface area (Å²) < 4.78 is 4.51. The number of carboxylic acid groups (broad SMARTS) is 1. The number of carboxylic acids is 1. The molecule has 6 heteroatoms. The lowest BCUT2D eigenvalue weighted by molar-refractivity contribution is -0.317. The van der Waals surface area contributed by atoms with Crippen molar-refractivity contribution >= 4 is 23.2 Å². The van der Waals surface area contributed by atoms with Gasteiger partial charge in [-0.3, -0.25) is 4.79 Å². The van der Waals surface area contributed by atoms with Crippen molar-refractivity contribution in [2.24, 2.45) is 0 Å². The Labute approximate surface area is 90.7 Å². The number of hydrogen-bond donors (Lipinski definition) is 1. The Balaban J connectivity index is 2.45. The molecule has 1 amide bonds. The maximum absolute atomic E-state index is 11.3. The van der Waals surface area contributed by atoms with Crippen LogP contribution in [0.1, 0.15) is 4.88 Å². The fourth-order valence-electron chi connectivity index (χ4n) is 0.983. The Morgan fingerprint density at radius 1 is 1.67 bits per heavy atom. The van der Waals surface area contributed by atoms with E-state index < -0.39 is 18.1 Å². The lowest BCUT2D eigenvalue weighted by atomic mass is 10.3. The van der Waals surface area contributed by atoms with Crippen molar-refractivity contribution in [2.45, 2.75) is 12.6 Å². The van der Waals surface area contributed by atoms with Gasteiger partial charge in [0.05, 0.1) is 12.4 Å². The van der Waals surface area contributed by atoms with Crippen LogP contribution >= 0.6 is 11.3 Å². The molecule has 5 nitrogen and oxygen atoms in total. The zero-order valence-electron chi connectivity index (χ0n) is 8.06. The van der Waals surface area contributed by atoms with Crippen LogP contribution in [0, 0.1) is 0 Å². The van der Waals surface area contributed by atoms with Crippen LogP contribution in [0.15, 0.2) is 17.5 Å². The molecule has 0 spiro atoms. The molecule has 0 saturated heterocycles. The zero-order valence-corrected chi connectivity index (χ0v) is 8.87. The van der Waals surface area contributed by atoms with Gasteiger partial charge in [0.15, 0.2) is 6.23 Å². The van der Waals surface area contributed by atoms with Crippen LogP contribution in [0.5, 0.6) is 0 Å². The molecular weight excluding hydrogens is 218 g/mol. The van der Waals surface area contributed by atoms with Gasteiger partial charge in [-0.05, 0) is 11.4 Å². The van der Waals surface area contributed by atoms with E-state index in [1.54, 1.807) is 6.07 Å². The van der Waals surface area contributed by atoms with Crippen molar-refractivity contribution in [3.63, 3.8) is 0 Å². The minimum Gasteiger partial charge on any atom is -0.545 e. The first kappa shape index (κ1) is 11.7. The molecule has 0 bridgehead atoms. The van der Waals surface area contributed by atoms with Gasteiger partial charge >= 0.3 is 0 Å². The summed E-state index contributed by atoms with van der Waals surface area (Å²) in [7, 11) is 1.19. The van der Waals surface area contributed by atoms with Crippen molar-refractivity contribution in [3.8, 4) is 0 Å². The fourth-order valence-corrected chi connectivity index (χ4v) is 1.69. The Bertz CT molecular complexity index is 336. The van der Waals surface area contributed by atoms with Crippen LogP contribution < -0.4 is 10.4 Å². The van der Waals surface area contributed by atoms with Crippen LogP contribution in [0.4, 0.5) is 0 Å². The number of hydrogen-bond acceptors (Lipinski definition) is 5. The predicted molar refractivity (Wildman–Crippen MR) is 52.0 cm³/mol. The molecular formula is C9H10NO4S-. The van der Waals surface area contributed by atoms with E-state index in [4.69, 9.17) is 0 Å². The number of ether oxygens (including phenoxy) is 1. The molecule has 0 aliphatic rings. The van der Waals surface area contributed by atoms with Crippen LogP contribution in [0.3, 0.4) is 0 Å². The summed E-state index contributed by atoms with van der Waals surface area (Å²) in [6, 6.07) is 3.62. The number of amides is 1. The lowest BCUT2D eigenvalue weighted by Crippen LogP contribution is -2.49. The second-order valence-electron chi connectivity index (χ2n) is 2.76. The minimum atomic E-state index is -1.46. The van der Waals surface area contributed by atoms with Gasteiger partial charge < -0.3 is 20.0 Å². The van der Waals surface area contributed by atoms with Crippen molar-refractivity contribution in [2.75, 3.05) is 7.11 Å². The highest BCUT2D eigenvalue weighted by atomic mass is 32.1. The Kier molecular flexibility index (Phi) is 4.26. The summed E-state index contributed by atoms with van der Waals surface area (Å²) in [5, 5.41) is 14.5. The molecule has 1 atom stereocenters. The molecule has 0 aromatic carbocycles. The number of carbonyl (C=O) groups is 2. The van der Waals surface area contributed by atoms with E-state index in [2.05, 4.69) is 10.1 Å². The highest BCUT2D eigenvalue weighted by Crippen LogP contribution is 2.08. The number of rotatable bonds is 5. The number of thiophene rings is 1. The highest BCUT2D eigenvalue weighted by molar-refractivity contribution is 7.10. The van der Waals surface area contributed by atoms with Gasteiger partial charge in [0, 0.05) is 12.0 Å². The third-order valence-electron chi connectivity index (χ3n) is 1.66. The van der Waals surface area contributed by atoms with E-state index in [1.165, 1.54) is 18.4 Å². The number of nitrogens with one attached hydrogen (secondary N) is 1. The van der Waals surface area contributed by atoms with E-state index >= 15 is 0 Å². The summed E-state index contributed by atoms with van der Waals surface area (Å²) in [5.74, 6) is -1.87. The Hall–Kier alpha value is -1.40. The van der Waals surface area contributed by atoms with Crippen LogP contribution in [0.25, 0.3) is 0 Å². The number of methoxy groups -OCH3 is 1. The standard InChI is InChI=1S/C9H11NO4S/c1-14-8(9(12)13)10-7(11)5-6-3-2-4-15-6/h2-4,8H,5H2,1H3,(H,10,11)(H,12,13)/p-1. The molecule has 1 N–H and O–H groups in total. The van der Waals surface area contributed by atoms with Gasteiger partial charge in [0.1, 0.15) is 0 Å². The van der Waals surface area contributed by atoms with Crippen LogP contribution in [0.2, 0.25) is 0 Å². The van der Waals surface area contributed by atoms with Gasteiger partial charge in [0.25, 0.3) is 0 Å². The summed E-state index contributed by atoms with van der Waals surface area (Å²) in [5.41, 5.74) is 0. The second-order valence-corrected chi connectivity index (χ2v) is 3.79. The summed E-state index contributed by atoms with van der Waals surface area (Å²) >= 11 is 1.43. The van der Waals surface area contributed by atoms with Gasteiger partial charge in [0.2, 0.25) is 5.91 Å². The van der Waals surface area contributed by atoms with Crippen molar-refractivity contribution in [3.05, 3.63) is 22.4 Å². The Morgan fingerprint density at radius 2 is 2.40 bits per heavy atom. The van der Waals surface area contributed by atoms with E-state index in [0.717, 1.165) is 4.88 Å². The van der Waals surface area contributed by atoms with Gasteiger partial charge in [-0.1, -0.05) is 6.07 Å². The summed E-state index contributed by atoms with van der Waals surface area (Å²) in [4.78, 5) is 22.6. The smallest absolute Gasteiger partial charge is 0.227 e. The number of carbonyl (C=O) groups excluding carboxylic acids is 2. The first-order valence-electron chi connectivity index (χ1n) is 4.19. The molecule has 82 valence electrons. The van der Waals surface area contributed by atoms with Gasteiger partial charge in [-0.2, -0.15) is 0 Å². The quantitative estimate of drug-likeness (QED) is 0.664. The van der Waals surface area contributed by atoms with E-state index in [1.807, 2.05) is 11.4 Å². The molecule has 1 heterocycles. The molecule has 1 unspecified atom stereocenters. The van der Waals surface area contributed by atoms with E-state index in [0.29, 0.717) is 0 Å². The van der Waals surface area contributed by atoms with Crippen molar-refractivity contribution in [1.29, 1.82) is 0 Å². The molecule has 0 aliphatic carbocycles. The van der Waals surface area contributed by atoms with Gasteiger partial charge in [-0.15, -0.1) is 11.3 Å². The fraction of sp³-hybridized carbons (Fsp3) is 0.333. The zero-order chi connectivity index (χ0) is 11.3. The minimum absolute atomic E-state index is 0.144. The lowest BCUT2D eigenvalue weighted by Gasteiger charge is -2.17. The first-order valence-corrected chi connectivity index (χ1v) is 5.07. The third-order valence-corrected chi connectivity index (χ3v) is 2.53. The third kappa shape index (κ3) is 3.69. The van der Waals surface area contributed by atoms with E-state index in [-0.39, 0.29) is 6.42 Å². The predicted octanol–water partition coefficient (Wildman–Crippen LogP) is -0.871. The molecule has 0 saturated carbocycles. The van der Waals surface area contributed by atoms with Crippen molar-refractivity contribution < 1.29 is 19.4 Å². The molecule has 1 aromatic heterocycles. The highest BCUT2D eigenvalue weighted by Gasteiger charge is 2.12. The summed E-state index contributed by atoms with van der Waals surface area (Å²) in [6.07, 6.45) is -1.25. The molecule has 0 radical (unpaired) electrons. The Morgan fingerprint density at radius 3 is 2.87 bits per heavy atom. The maximum Gasteiger partial charge on any atom is 0.227 e. The normalized spacial score (nSPS) is 12.1. The van der Waals surface area contributed by atoms with Crippen LogP contribution in [-0.2, 0) is 20.7 Å². The number of aliphatic carboxylic acids is 1. The van der Waals surface area contributed by atoms with Gasteiger partial charge in [-0.25, -0.2) is 0 Å². The second kappa shape index (κ2) is 5.47. The largest absolute Gasteiger partial charge is 0.545 e. The van der Waals surface area contributed by atoms with Crippen LogP contribution in [-0.4, -0.2) is 25.2 Å². The average Bonchev–Trinajstić information content (AvgIpc) is 2.66. The molecule has 0 aliphatic heterocycles. The topological polar surface area (TPSA) is 78.5 Å². The maximum atomic E-state index is 11.3. The molecule has 1 rings (SSSR count). The first-order chi connectivity index (χ1) is 7.13. The average molecular weight is 228 g/mol. The summed E-state index contributed by atoms with van der Waals surface area (Å²) in [6.45, 7) is 0. The molecule has 0 fully saturated rings. The molecule has 1 aromatic rings. The SMILES string of the molecule is COC(NC(=O)Cc1cccs1)C(=O)[O-]. The monoisotopic (exact) mass is 228 g/mol. The van der Waals surface area contributed by atoms with E-state index in [9.17, 15) is 14.7 Å². The van der Waals surface area contributed by atoms with Crippen molar-refractivity contribution in [1.82, 2.24) is 5.32 Å². The molecule has 15 heavy (non-hydrogen) atoms.